The Bertz CT molecular complexity index is 607. The Hall–Kier alpha value is -1.88. The Labute approximate surface area is 136 Å². The van der Waals surface area contributed by atoms with E-state index in [-0.39, 0.29) is 18.6 Å². The van der Waals surface area contributed by atoms with E-state index in [1.165, 1.54) is 0 Å². The number of fused-ring (bicyclic) bond motifs is 1. The first-order valence-corrected chi connectivity index (χ1v) is 8.31. The van der Waals surface area contributed by atoms with Gasteiger partial charge in [-0.25, -0.2) is 4.79 Å². The summed E-state index contributed by atoms with van der Waals surface area (Å²) in [5.41, 5.74) is 0.607. The van der Waals surface area contributed by atoms with Gasteiger partial charge in [-0.15, -0.1) is 0 Å². The minimum atomic E-state index is -1.41. The molecule has 5 heteroatoms. The Morgan fingerprint density at radius 1 is 1.26 bits per heavy atom. The van der Waals surface area contributed by atoms with Crippen LogP contribution in [-0.2, 0) is 20.7 Å². The highest BCUT2D eigenvalue weighted by Gasteiger charge is 2.39. The third-order valence-electron chi connectivity index (χ3n) is 4.86. The van der Waals surface area contributed by atoms with Crippen molar-refractivity contribution in [2.24, 2.45) is 0 Å². The van der Waals surface area contributed by atoms with Crippen molar-refractivity contribution in [3.63, 3.8) is 0 Å². The number of esters is 1. The number of anilines is 1. The maximum absolute atomic E-state index is 12.5. The second kappa shape index (κ2) is 6.32. The van der Waals surface area contributed by atoms with Gasteiger partial charge in [0.15, 0.2) is 12.2 Å². The molecule has 1 aliphatic heterocycles. The van der Waals surface area contributed by atoms with E-state index in [1.807, 2.05) is 31.2 Å². The molecule has 2 aliphatic rings. The van der Waals surface area contributed by atoms with Crippen molar-refractivity contribution in [2.45, 2.75) is 57.1 Å². The molecule has 1 saturated carbocycles. The van der Waals surface area contributed by atoms with E-state index >= 15 is 0 Å². The predicted octanol–water partition coefficient (Wildman–Crippen LogP) is 2.20. The maximum Gasteiger partial charge on any atom is 0.338 e. The molecule has 1 fully saturated rings. The molecule has 1 heterocycles. The first kappa shape index (κ1) is 16.0. The lowest BCUT2D eigenvalue weighted by Gasteiger charge is -2.30. The highest BCUT2D eigenvalue weighted by molar-refractivity contribution is 5.98. The third kappa shape index (κ3) is 3.11. The zero-order chi connectivity index (χ0) is 16.4. The van der Waals surface area contributed by atoms with Crippen LogP contribution in [0.5, 0.6) is 0 Å². The van der Waals surface area contributed by atoms with Gasteiger partial charge in [-0.2, -0.15) is 0 Å². The van der Waals surface area contributed by atoms with Crippen molar-refractivity contribution < 1.29 is 19.4 Å². The van der Waals surface area contributed by atoms with Crippen LogP contribution in [0.1, 0.15) is 44.6 Å². The van der Waals surface area contributed by atoms with Crippen molar-refractivity contribution in [2.75, 3.05) is 11.5 Å². The molecule has 1 aromatic carbocycles. The summed E-state index contributed by atoms with van der Waals surface area (Å²) in [6, 6.07) is 7.83. The van der Waals surface area contributed by atoms with Gasteiger partial charge in [0.2, 0.25) is 0 Å². The van der Waals surface area contributed by atoms with Crippen LogP contribution in [0, 0.1) is 0 Å². The summed E-state index contributed by atoms with van der Waals surface area (Å²) in [5, 5.41) is 10.3. The quantitative estimate of drug-likeness (QED) is 0.868. The van der Waals surface area contributed by atoms with Gasteiger partial charge < -0.3 is 14.7 Å². The van der Waals surface area contributed by atoms with Crippen molar-refractivity contribution in [3.8, 4) is 0 Å². The Balaban J connectivity index is 1.62. The van der Waals surface area contributed by atoms with Gasteiger partial charge in [0, 0.05) is 11.7 Å². The number of rotatable bonds is 3. The Morgan fingerprint density at radius 3 is 2.70 bits per heavy atom. The second-order valence-corrected chi connectivity index (χ2v) is 6.61. The van der Waals surface area contributed by atoms with E-state index < -0.39 is 11.6 Å². The molecule has 0 spiro atoms. The molecule has 0 saturated heterocycles. The van der Waals surface area contributed by atoms with Crippen LogP contribution in [0.3, 0.4) is 0 Å². The third-order valence-corrected chi connectivity index (χ3v) is 4.86. The SMILES string of the molecule is C[C@@H]1Cc2ccccc2N1C(=O)COC(=O)C1(O)CCCCC1. The molecule has 1 aromatic rings. The fourth-order valence-electron chi connectivity index (χ4n) is 3.62. The van der Waals surface area contributed by atoms with E-state index in [4.69, 9.17) is 4.74 Å². The maximum atomic E-state index is 12.5. The lowest BCUT2D eigenvalue weighted by atomic mass is 9.85. The fraction of sp³-hybridized carbons (Fsp3) is 0.556. The summed E-state index contributed by atoms with van der Waals surface area (Å²) in [7, 11) is 0. The van der Waals surface area contributed by atoms with E-state index in [2.05, 4.69) is 0 Å². The van der Waals surface area contributed by atoms with Gasteiger partial charge in [0.1, 0.15) is 0 Å². The largest absolute Gasteiger partial charge is 0.453 e. The molecule has 3 rings (SSSR count). The molecule has 23 heavy (non-hydrogen) atoms. The molecule has 0 radical (unpaired) electrons. The molecule has 1 N–H and O–H groups in total. The monoisotopic (exact) mass is 317 g/mol. The number of para-hydroxylation sites is 1. The van der Waals surface area contributed by atoms with Gasteiger partial charge in [-0.3, -0.25) is 4.79 Å². The van der Waals surface area contributed by atoms with Crippen LogP contribution in [-0.4, -0.2) is 35.2 Å². The summed E-state index contributed by atoms with van der Waals surface area (Å²) in [4.78, 5) is 26.3. The van der Waals surface area contributed by atoms with Crippen LogP contribution < -0.4 is 4.90 Å². The van der Waals surface area contributed by atoms with Gasteiger partial charge in [-0.05, 0) is 50.7 Å². The highest BCUT2D eigenvalue weighted by atomic mass is 16.6. The Kier molecular flexibility index (Phi) is 4.39. The Morgan fingerprint density at radius 2 is 1.96 bits per heavy atom. The van der Waals surface area contributed by atoms with Gasteiger partial charge in [-0.1, -0.05) is 24.6 Å². The molecule has 1 aliphatic carbocycles. The number of nitrogens with zero attached hydrogens (tertiary/aromatic N) is 1. The van der Waals surface area contributed by atoms with Crippen LogP contribution in [0.2, 0.25) is 0 Å². The fourth-order valence-corrected chi connectivity index (χ4v) is 3.62. The standard InChI is InChI=1S/C18H23NO4/c1-13-11-14-7-3-4-8-15(14)19(13)16(20)12-23-17(21)18(22)9-5-2-6-10-18/h3-4,7-8,13,22H,2,5-6,9-12H2,1H3/t13-/m1/s1. The first-order chi connectivity index (χ1) is 11.0. The van der Waals surface area contributed by atoms with E-state index in [0.717, 1.165) is 36.9 Å². The number of amides is 1. The van der Waals surface area contributed by atoms with E-state index in [0.29, 0.717) is 12.8 Å². The number of benzene rings is 1. The normalized spacial score (nSPS) is 22.5. The van der Waals surface area contributed by atoms with Crippen LogP contribution >= 0.6 is 0 Å². The molecule has 124 valence electrons. The molecule has 1 amide bonds. The second-order valence-electron chi connectivity index (χ2n) is 6.61. The lowest BCUT2D eigenvalue weighted by Crippen LogP contribution is -2.44. The van der Waals surface area contributed by atoms with Crippen molar-refractivity contribution in [1.29, 1.82) is 0 Å². The summed E-state index contributed by atoms with van der Waals surface area (Å²) in [6.45, 7) is 1.66. The zero-order valence-corrected chi connectivity index (χ0v) is 13.5. The topological polar surface area (TPSA) is 66.8 Å². The van der Waals surface area contributed by atoms with Crippen LogP contribution in [0.25, 0.3) is 0 Å². The smallest absolute Gasteiger partial charge is 0.338 e. The number of aliphatic hydroxyl groups is 1. The van der Waals surface area contributed by atoms with Gasteiger partial charge in [0.25, 0.3) is 5.91 Å². The number of ether oxygens (including phenoxy) is 1. The minimum Gasteiger partial charge on any atom is -0.453 e. The van der Waals surface area contributed by atoms with E-state index in [1.54, 1.807) is 4.90 Å². The molecule has 0 unspecified atom stereocenters. The van der Waals surface area contributed by atoms with Crippen LogP contribution in [0.4, 0.5) is 5.69 Å². The number of carbonyl (C=O) groups excluding carboxylic acids is 2. The summed E-state index contributed by atoms with van der Waals surface area (Å²) < 4.78 is 5.14. The molecule has 5 nitrogen and oxygen atoms in total. The molecular weight excluding hydrogens is 294 g/mol. The van der Waals surface area contributed by atoms with Crippen molar-refractivity contribution in [1.82, 2.24) is 0 Å². The molecular formula is C18H23NO4. The van der Waals surface area contributed by atoms with Crippen LogP contribution in [0.15, 0.2) is 24.3 Å². The molecule has 0 bridgehead atoms. The van der Waals surface area contributed by atoms with Crippen molar-refractivity contribution in [3.05, 3.63) is 29.8 Å². The zero-order valence-electron chi connectivity index (χ0n) is 13.5. The average molecular weight is 317 g/mol. The summed E-state index contributed by atoms with van der Waals surface area (Å²) in [5.74, 6) is -0.902. The molecule has 1 atom stereocenters. The lowest BCUT2D eigenvalue weighted by molar-refractivity contribution is -0.170. The van der Waals surface area contributed by atoms with Crippen molar-refractivity contribution >= 4 is 17.6 Å². The van der Waals surface area contributed by atoms with Gasteiger partial charge in [0.05, 0.1) is 0 Å². The first-order valence-electron chi connectivity index (χ1n) is 8.31. The predicted molar refractivity (Wildman–Crippen MR) is 86.1 cm³/mol. The number of hydrogen-bond donors (Lipinski definition) is 1. The summed E-state index contributed by atoms with van der Waals surface area (Å²) in [6.07, 6.45) is 4.30. The number of hydrogen-bond acceptors (Lipinski definition) is 4. The highest BCUT2D eigenvalue weighted by Crippen LogP contribution is 2.32. The van der Waals surface area contributed by atoms with Gasteiger partial charge >= 0.3 is 5.97 Å². The average Bonchev–Trinajstić information content (AvgIpc) is 2.88. The van der Waals surface area contributed by atoms with E-state index in [9.17, 15) is 14.7 Å². The molecule has 0 aromatic heterocycles. The summed E-state index contributed by atoms with van der Waals surface area (Å²) >= 11 is 0. The number of carbonyl (C=O) groups is 2. The minimum absolute atomic E-state index is 0.0522.